The van der Waals surface area contributed by atoms with Gasteiger partial charge in [-0.1, -0.05) is 0 Å². The van der Waals surface area contributed by atoms with Crippen molar-refractivity contribution in [3.8, 4) is 0 Å². The summed E-state index contributed by atoms with van der Waals surface area (Å²) in [5.41, 5.74) is 1.09. The molecule has 26 heavy (non-hydrogen) atoms. The highest BCUT2D eigenvalue weighted by Crippen LogP contribution is 2.17. The highest BCUT2D eigenvalue weighted by atomic mass is 32.2. The number of hydrogen-bond donors (Lipinski definition) is 2. The molecule has 0 radical (unpaired) electrons. The molecule has 2 N–H and O–H groups in total. The Morgan fingerprint density at radius 3 is 2.46 bits per heavy atom. The number of nitrogens with one attached hydrogen (secondary N) is 2. The third-order valence-corrected chi connectivity index (χ3v) is 5.24. The van der Waals surface area contributed by atoms with Crippen LogP contribution < -0.4 is 10.6 Å². The zero-order valence-corrected chi connectivity index (χ0v) is 15.4. The maximum Gasteiger partial charge on any atom is 0.323 e. The number of nitrogens with zero attached hydrogens (tertiary/aromatic N) is 3. The molecule has 1 heterocycles. The van der Waals surface area contributed by atoms with Gasteiger partial charge >= 0.3 is 6.03 Å². The quantitative estimate of drug-likeness (QED) is 0.801. The summed E-state index contributed by atoms with van der Waals surface area (Å²) in [6.07, 6.45) is 3.04. The largest absolute Gasteiger partial charge is 0.323 e. The Morgan fingerprint density at radius 2 is 1.85 bits per heavy atom. The maximum absolute atomic E-state index is 13.9. The number of halogens is 1. The van der Waals surface area contributed by atoms with E-state index in [2.05, 4.69) is 15.6 Å². The van der Waals surface area contributed by atoms with Crippen LogP contribution in [0.3, 0.4) is 0 Å². The van der Waals surface area contributed by atoms with Gasteiger partial charge in [-0.25, -0.2) is 9.18 Å². The maximum atomic E-state index is 13.9. The molecule has 0 atom stereocenters. The first-order chi connectivity index (χ1) is 12.2. The molecule has 2 rings (SSSR count). The second kappa shape index (κ2) is 8.21. The number of carbonyl (C=O) groups excluding carboxylic acids is 1. The average molecular weight is 381 g/mol. The summed E-state index contributed by atoms with van der Waals surface area (Å²) in [4.78, 5) is 15.9. The molecule has 140 valence electrons. The van der Waals surface area contributed by atoms with E-state index in [4.69, 9.17) is 0 Å². The molecule has 0 aliphatic carbocycles. The molecule has 0 aliphatic heterocycles. The Morgan fingerprint density at radius 1 is 1.15 bits per heavy atom. The van der Waals surface area contributed by atoms with Crippen LogP contribution in [0.5, 0.6) is 0 Å². The monoisotopic (exact) mass is 381 g/mol. The number of carbonyl (C=O) groups is 1. The third-order valence-electron chi connectivity index (χ3n) is 3.40. The Labute approximate surface area is 151 Å². The van der Waals surface area contributed by atoms with Crippen molar-refractivity contribution >= 4 is 27.6 Å². The zero-order valence-electron chi connectivity index (χ0n) is 14.6. The molecule has 1 aromatic heterocycles. The lowest BCUT2D eigenvalue weighted by atomic mass is 10.2. The van der Waals surface area contributed by atoms with Crippen molar-refractivity contribution < 1.29 is 17.6 Å². The van der Waals surface area contributed by atoms with Crippen molar-refractivity contribution in [1.29, 1.82) is 0 Å². The molecule has 10 heteroatoms. The van der Waals surface area contributed by atoms with E-state index < -0.39 is 22.1 Å². The van der Waals surface area contributed by atoms with Crippen LogP contribution in [-0.4, -0.2) is 49.2 Å². The van der Waals surface area contributed by atoms with Crippen molar-refractivity contribution in [1.82, 2.24) is 13.6 Å². The molecule has 2 aromatic rings. The van der Waals surface area contributed by atoms with E-state index in [0.29, 0.717) is 11.3 Å². The molecule has 0 bridgehead atoms. The summed E-state index contributed by atoms with van der Waals surface area (Å²) in [6, 6.07) is 6.62. The minimum Gasteiger partial charge on any atom is -0.308 e. The fourth-order valence-electron chi connectivity index (χ4n) is 2.16. The van der Waals surface area contributed by atoms with Crippen LogP contribution >= 0.6 is 0 Å². The SMILES string of the molecule is CN(C)S(=O)(=O)N(C)Cc1cc(F)cc(NC(=O)Nc2cccnc2)c1. The number of rotatable bonds is 6. The molecule has 0 unspecified atom stereocenters. The van der Waals surface area contributed by atoms with Gasteiger partial charge in [0.1, 0.15) is 5.82 Å². The van der Waals surface area contributed by atoms with Crippen molar-refractivity contribution in [2.45, 2.75) is 6.54 Å². The van der Waals surface area contributed by atoms with E-state index >= 15 is 0 Å². The molecule has 0 fully saturated rings. The second-order valence-corrected chi connectivity index (χ2v) is 7.96. The molecule has 2 amide bonds. The van der Waals surface area contributed by atoms with E-state index in [1.165, 1.54) is 39.5 Å². The first-order valence-electron chi connectivity index (χ1n) is 7.60. The molecular formula is C16H20FN5O3S. The first kappa shape index (κ1) is 19.8. The fraction of sp³-hybridized carbons (Fsp3) is 0.250. The van der Waals surface area contributed by atoms with Crippen LogP contribution in [0.15, 0.2) is 42.7 Å². The molecule has 0 aliphatic rings. The topological polar surface area (TPSA) is 94.6 Å². The lowest BCUT2D eigenvalue weighted by Crippen LogP contribution is -2.36. The summed E-state index contributed by atoms with van der Waals surface area (Å²) in [7, 11) is 0.584. The average Bonchev–Trinajstić information content (AvgIpc) is 2.54. The van der Waals surface area contributed by atoms with Crippen molar-refractivity contribution in [3.63, 3.8) is 0 Å². The van der Waals surface area contributed by atoms with Crippen LogP contribution in [0.2, 0.25) is 0 Å². The normalized spacial score (nSPS) is 11.6. The lowest BCUT2D eigenvalue weighted by Gasteiger charge is -2.21. The van der Waals surface area contributed by atoms with Gasteiger partial charge in [0.05, 0.1) is 11.9 Å². The summed E-state index contributed by atoms with van der Waals surface area (Å²) in [6.45, 7) is -0.0445. The van der Waals surface area contributed by atoms with Gasteiger partial charge in [-0.3, -0.25) is 4.98 Å². The van der Waals surface area contributed by atoms with Gasteiger partial charge in [0.15, 0.2) is 0 Å². The van der Waals surface area contributed by atoms with Crippen LogP contribution in [0.4, 0.5) is 20.6 Å². The summed E-state index contributed by atoms with van der Waals surface area (Å²) in [5.74, 6) is -0.588. The van der Waals surface area contributed by atoms with Gasteiger partial charge in [0.2, 0.25) is 0 Å². The summed E-state index contributed by atoms with van der Waals surface area (Å²) < 4.78 is 40.1. The highest BCUT2D eigenvalue weighted by molar-refractivity contribution is 7.86. The van der Waals surface area contributed by atoms with Gasteiger partial charge in [0, 0.05) is 39.6 Å². The van der Waals surface area contributed by atoms with Gasteiger partial charge in [-0.2, -0.15) is 17.0 Å². The Hall–Kier alpha value is -2.56. The van der Waals surface area contributed by atoms with Gasteiger partial charge in [-0.05, 0) is 35.9 Å². The number of anilines is 2. The number of aromatic nitrogens is 1. The third kappa shape index (κ3) is 5.22. The van der Waals surface area contributed by atoms with Crippen molar-refractivity contribution in [2.24, 2.45) is 0 Å². The first-order valence-corrected chi connectivity index (χ1v) is 8.99. The van der Waals surface area contributed by atoms with Crippen molar-refractivity contribution in [2.75, 3.05) is 31.8 Å². The molecular weight excluding hydrogens is 361 g/mol. The summed E-state index contributed by atoms with van der Waals surface area (Å²) >= 11 is 0. The zero-order chi connectivity index (χ0) is 19.3. The molecule has 0 saturated carbocycles. The van der Waals surface area contributed by atoms with E-state index in [1.54, 1.807) is 18.3 Å². The van der Waals surface area contributed by atoms with E-state index in [1.807, 2.05) is 0 Å². The van der Waals surface area contributed by atoms with E-state index in [-0.39, 0.29) is 12.2 Å². The molecule has 1 aromatic carbocycles. The van der Waals surface area contributed by atoms with Gasteiger partial charge in [0.25, 0.3) is 10.2 Å². The number of hydrogen-bond acceptors (Lipinski definition) is 4. The summed E-state index contributed by atoms with van der Waals surface area (Å²) in [5, 5.41) is 5.07. The van der Waals surface area contributed by atoms with Crippen molar-refractivity contribution in [3.05, 3.63) is 54.1 Å². The van der Waals surface area contributed by atoms with Crippen LogP contribution in [-0.2, 0) is 16.8 Å². The van der Waals surface area contributed by atoms with Crippen LogP contribution in [0, 0.1) is 5.82 Å². The predicted octanol–water partition coefficient (Wildman–Crippen LogP) is 2.10. The number of benzene rings is 1. The van der Waals surface area contributed by atoms with E-state index in [0.717, 1.165) is 14.7 Å². The fourth-order valence-corrected chi connectivity index (χ4v) is 3.03. The van der Waals surface area contributed by atoms with Gasteiger partial charge < -0.3 is 10.6 Å². The Kier molecular flexibility index (Phi) is 6.24. The number of urea groups is 1. The molecule has 8 nitrogen and oxygen atoms in total. The van der Waals surface area contributed by atoms with Crippen LogP contribution in [0.1, 0.15) is 5.56 Å². The minimum absolute atomic E-state index is 0.0445. The molecule has 0 spiro atoms. The lowest BCUT2D eigenvalue weighted by molar-refractivity contribution is 0.262. The second-order valence-electron chi connectivity index (χ2n) is 5.72. The van der Waals surface area contributed by atoms with Gasteiger partial charge in [-0.15, -0.1) is 0 Å². The predicted molar refractivity (Wildman–Crippen MR) is 97.4 cm³/mol. The minimum atomic E-state index is -3.63. The number of amides is 2. The number of pyridine rings is 1. The highest BCUT2D eigenvalue weighted by Gasteiger charge is 2.21. The smallest absolute Gasteiger partial charge is 0.308 e. The molecule has 0 saturated heterocycles. The standard InChI is InChI=1S/C16H20FN5O3S/c1-21(2)26(24,25)22(3)11-12-7-13(17)9-15(8-12)20-16(23)19-14-5-4-6-18-10-14/h4-10H,11H2,1-3H3,(H2,19,20,23). The Balaban J connectivity index is 2.10. The van der Waals surface area contributed by atoms with E-state index in [9.17, 15) is 17.6 Å². The van der Waals surface area contributed by atoms with Crippen LogP contribution in [0.25, 0.3) is 0 Å². The Bertz CT molecular complexity index is 875.